The average Bonchev–Trinajstić information content (AvgIpc) is 3.57. The van der Waals surface area contributed by atoms with Crippen LogP contribution in [0.4, 0.5) is 0 Å². The van der Waals surface area contributed by atoms with Gasteiger partial charge < -0.3 is 20.3 Å². The number of pyridine rings is 2. The van der Waals surface area contributed by atoms with E-state index >= 15 is 0 Å². The molecule has 0 spiro atoms. The van der Waals surface area contributed by atoms with Crippen molar-refractivity contribution in [3.05, 3.63) is 56.8 Å². The van der Waals surface area contributed by atoms with Crippen molar-refractivity contribution in [1.82, 2.24) is 35.3 Å². The molecule has 38 heavy (non-hydrogen) atoms. The molecule has 1 amide bonds. The van der Waals surface area contributed by atoms with Crippen molar-refractivity contribution in [2.24, 2.45) is 5.92 Å². The summed E-state index contributed by atoms with van der Waals surface area (Å²) < 4.78 is 1.88. The number of hydrogen-bond donors (Lipinski definition) is 4. The third-order valence-electron chi connectivity index (χ3n) is 8.00. The van der Waals surface area contributed by atoms with Crippen LogP contribution in [0, 0.1) is 19.8 Å². The van der Waals surface area contributed by atoms with Crippen molar-refractivity contribution in [3.63, 3.8) is 0 Å². The van der Waals surface area contributed by atoms with Crippen LogP contribution in [0.3, 0.4) is 0 Å². The molecule has 0 aromatic carbocycles. The maximum absolute atomic E-state index is 12.9. The lowest BCUT2D eigenvalue weighted by molar-refractivity contribution is -0.136. The Kier molecular flexibility index (Phi) is 7.65. The molecule has 3 aromatic rings. The second-order valence-corrected chi connectivity index (χ2v) is 11.1. The van der Waals surface area contributed by atoms with Gasteiger partial charge in [-0.3, -0.25) is 14.9 Å². The summed E-state index contributed by atoms with van der Waals surface area (Å²) in [6, 6.07) is 4.02. The van der Waals surface area contributed by atoms with E-state index < -0.39 is 6.23 Å². The van der Waals surface area contributed by atoms with E-state index in [0.29, 0.717) is 11.1 Å². The first-order valence-corrected chi connectivity index (χ1v) is 13.7. The van der Waals surface area contributed by atoms with Crippen molar-refractivity contribution in [2.45, 2.75) is 71.7 Å². The van der Waals surface area contributed by atoms with E-state index in [9.17, 15) is 14.7 Å². The molecule has 0 aliphatic carbocycles. The first kappa shape index (κ1) is 26.5. The maximum atomic E-state index is 12.9. The fourth-order valence-electron chi connectivity index (χ4n) is 5.80. The van der Waals surface area contributed by atoms with Crippen LogP contribution in [0.5, 0.6) is 0 Å². The van der Waals surface area contributed by atoms with E-state index in [1.807, 2.05) is 35.6 Å². The number of carbonyl (C=O) groups is 1. The number of piperidine rings is 1. The lowest BCUT2D eigenvalue weighted by atomic mass is 9.91. The van der Waals surface area contributed by atoms with E-state index in [2.05, 4.69) is 34.6 Å². The molecule has 5 rings (SSSR count). The Balaban J connectivity index is 1.39. The molecule has 2 aliphatic heterocycles. The Hall–Kier alpha value is -3.08. The standard InChI is InChI=1S/C28H39N7O3/c1-16(2)35-25-23(15-31-35)21(26(36)30-14-22-17(3)11-18(4)32-27(22)37)12-24(33-25)19-6-9-34(10-7-19)28(38)20-5-8-29-13-20/h11-12,15-16,19-20,26,29-30,36H,5-10,13-14H2,1-4H3,(H,32,37). The molecule has 0 bridgehead atoms. The maximum Gasteiger partial charge on any atom is 0.252 e. The van der Waals surface area contributed by atoms with Gasteiger partial charge >= 0.3 is 0 Å². The molecule has 2 fully saturated rings. The van der Waals surface area contributed by atoms with Crippen molar-refractivity contribution in [2.75, 3.05) is 26.2 Å². The molecule has 3 aromatic heterocycles. The van der Waals surface area contributed by atoms with Gasteiger partial charge in [0, 0.05) is 66.0 Å². The number of fused-ring (bicyclic) bond motifs is 1. The highest BCUT2D eigenvalue weighted by Crippen LogP contribution is 2.33. The van der Waals surface area contributed by atoms with E-state index in [0.717, 1.165) is 73.4 Å². The number of aromatic nitrogens is 4. The minimum atomic E-state index is -0.999. The van der Waals surface area contributed by atoms with Gasteiger partial charge in [-0.2, -0.15) is 5.10 Å². The summed E-state index contributed by atoms with van der Waals surface area (Å²) in [6.45, 7) is 11.2. The predicted molar refractivity (Wildman–Crippen MR) is 146 cm³/mol. The molecule has 2 saturated heterocycles. The van der Waals surface area contributed by atoms with Gasteiger partial charge in [0.05, 0.1) is 12.1 Å². The summed E-state index contributed by atoms with van der Waals surface area (Å²) in [5.74, 6) is 0.545. The number of aryl methyl sites for hydroxylation is 2. The van der Waals surface area contributed by atoms with Gasteiger partial charge in [0.1, 0.15) is 6.23 Å². The van der Waals surface area contributed by atoms with Gasteiger partial charge in [-0.15, -0.1) is 0 Å². The molecule has 10 nitrogen and oxygen atoms in total. The van der Waals surface area contributed by atoms with Crippen LogP contribution in [0.1, 0.15) is 79.4 Å². The summed E-state index contributed by atoms with van der Waals surface area (Å²) in [7, 11) is 0. The molecule has 10 heteroatoms. The molecule has 5 heterocycles. The van der Waals surface area contributed by atoms with Crippen molar-refractivity contribution in [1.29, 1.82) is 0 Å². The fourth-order valence-corrected chi connectivity index (χ4v) is 5.80. The molecule has 204 valence electrons. The Morgan fingerprint density at radius 2 is 1.97 bits per heavy atom. The molecule has 0 radical (unpaired) electrons. The van der Waals surface area contributed by atoms with Crippen LogP contribution in [0.25, 0.3) is 11.0 Å². The molecular weight excluding hydrogens is 482 g/mol. The predicted octanol–water partition coefficient (Wildman–Crippen LogP) is 2.41. The number of H-pyrrole nitrogens is 1. The number of carbonyl (C=O) groups excluding carboxylic acids is 1. The fraction of sp³-hybridized carbons (Fsp3) is 0.571. The summed E-state index contributed by atoms with van der Waals surface area (Å²) in [6.07, 6.45) is 3.34. The number of nitrogens with zero attached hydrogens (tertiary/aromatic N) is 4. The zero-order chi connectivity index (χ0) is 27.0. The first-order chi connectivity index (χ1) is 18.2. The van der Waals surface area contributed by atoms with Crippen molar-refractivity contribution < 1.29 is 9.90 Å². The third-order valence-corrected chi connectivity index (χ3v) is 8.00. The van der Waals surface area contributed by atoms with E-state index in [4.69, 9.17) is 4.98 Å². The highest BCUT2D eigenvalue weighted by atomic mass is 16.3. The lowest BCUT2D eigenvalue weighted by Gasteiger charge is -2.33. The average molecular weight is 522 g/mol. The zero-order valence-electron chi connectivity index (χ0n) is 22.8. The van der Waals surface area contributed by atoms with Gasteiger partial charge in [-0.05, 0) is 71.2 Å². The smallest absolute Gasteiger partial charge is 0.252 e. The van der Waals surface area contributed by atoms with Gasteiger partial charge in [-0.25, -0.2) is 9.67 Å². The number of likely N-dealkylation sites (tertiary alicyclic amines) is 1. The highest BCUT2D eigenvalue weighted by molar-refractivity contribution is 5.80. The summed E-state index contributed by atoms with van der Waals surface area (Å²) in [4.78, 5) is 35.2. The molecule has 2 atom stereocenters. The summed E-state index contributed by atoms with van der Waals surface area (Å²) in [5.41, 5.74) is 4.51. The molecule has 4 N–H and O–H groups in total. The van der Waals surface area contributed by atoms with Crippen LogP contribution in [0.15, 0.2) is 23.1 Å². The minimum Gasteiger partial charge on any atom is -0.374 e. The topological polar surface area (TPSA) is 128 Å². The van der Waals surface area contributed by atoms with Crippen LogP contribution in [-0.4, -0.2) is 61.8 Å². The monoisotopic (exact) mass is 521 g/mol. The third kappa shape index (κ3) is 5.25. The Morgan fingerprint density at radius 1 is 1.21 bits per heavy atom. The second-order valence-electron chi connectivity index (χ2n) is 11.1. The van der Waals surface area contributed by atoms with Gasteiger partial charge in [0.15, 0.2) is 5.65 Å². The molecule has 2 aliphatic rings. The molecule has 2 unspecified atom stereocenters. The van der Waals surface area contributed by atoms with Gasteiger partial charge in [-0.1, -0.05) is 0 Å². The second kappa shape index (κ2) is 11.0. The Labute approximate surface area is 222 Å². The Bertz CT molecular complexity index is 1360. The van der Waals surface area contributed by atoms with Crippen LogP contribution in [-0.2, 0) is 11.3 Å². The Morgan fingerprint density at radius 3 is 2.63 bits per heavy atom. The number of hydrogen-bond acceptors (Lipinski definition) is 7. The number of aromatic amines is 1. The van der Waals surface area contributed by atoms with Crippen LogP contribution >= 0.6 is 0 Å². The normalized spacial score (nSPS) is 19.5. The largest absolute Gasteiger partial charge is 0.374 e. The van der Waals surface area contributed by atoms with Crippen molar-refractivity contribution in [3.8, 4) is 0 Å². The lowest BCUT2D eigenvalue weighted by Crippen LogP contribution is -2.42. The number of rotatable bonds is 7. The van der Waals surface area contributed by atoms with Crippen LogP contribution in [0.2, 0.25) is 0 Å². The zero-order valence-corrected chi connectivity index (χ0v) is 22.8. The number of nitrogens with one attached hydrogen (secondary N) is 3. The number of aliphatic hydroxyl groups is 1. The van der Waals surface area contributed by atoms with E-state index in [1.54, 1.807) is 6.20 Å². The van der Waals surface area contributed by atoms with E-state index in [1.165, 1.54) is 0 Å². The minimum absolute atomic E-state index is 0.0960. The molecular formula is C28H39N7O3. The van der Waals surface area contributed by atoms with Crippen LogP contribution < -0.4 is 16.2 Å². The van der Waals surface area contributed by atoms with Gasteiger partial charge in [0.25, 0.3) is 5.56 Å². The van der Waals surface area contributed by atoms with Crippen molar-refractivity contribution >= 4 is 16.9 Å². The van der Waals surface area contributed by atoms with Gasteiger partial charge in [0.2, 0.25) is 5.91 Å². The quantitative estimate of drug-likeness (QED) is 0.352. The molecule has 0 saturated carbocycles. The summed E-state index contributed by atoms with van der Waals surface area (Å²) >= 11 is 0. The number of amides is 1. The van der Waals surface area contributed by atoms with E-state index in [-0.39, 0.29) is 35.9 Å². The summed E-state index contributed by atoms with van der Waals surface area (Å²) in [5, 5.41) is 23.1. The first-order valence-electron chi connectivity index (χ1n) is 13.7. The SMILES string of the molecule is Cc1cc(C)c(CNC(O)c2cc(C3CCN(C(=O)C4CCNC4)CC3)nc3c2cnn3C(C)C)c(=O)[nH]1. The number of aliphatic hydroxyl groups excluding tert-OH is 1. The highest BCUT2D eigenvalue weighted by Gasteiger charge is 2.31.